The molecule has 8 heteroatoms. The summed E-state index contributed by atoms with van der Waals surface area (Å²) in [5.74, 6) is -0.983. The third-order valence-electron chi connectivity index (χ3n) is 6.17. The van der Waals surface area contributed by atoms with E-state index >= 15 is 0 Å². The number of aromatic nitrogens is 2. The molecular formula is C24H29F2N5O. The van der Waals surface area contributed by atoms with Gasteiger partial charge >= 0.3 is 0 Å². The Bertz CT molecular complexity index is 1130. The van der Waals surface area contributed by atoms with Crippen molar-refractivity contribution in [2.45, 2.75) is 19.4 Å². The van der Waals surface area contributed by atoms with Crippen LogP contribution in [0, 0.1) is 18.6 Å². The molecule has 4 rings (SSSR count). The third kappa shape index (κ3) is 4.10. The molecule has 1 aliphatic heterocycles. The number of carbonyl (C=O) groups excluding carboxylic acids is 1. The molecular weight excluding hydrogens is 412 g/mol. The first kappa shape index (κ1) is 22.0. The second-order valence-corrected chi connectivity index (χ2v) is 8.38. The van der Waals surface area contributed by atoms with Crippen LogP contribution in [0.1, 0.15) is 23.9 Å². The molecule has 0 N–H and O–H groups in total. The van der Waals surface area contributed by atoms with Gasteiger partial charge in [-0.2, -0.15) is 5.10 Å². The Balaban J connectivity index is 0.00000306. The Labute approximate surface area is 188 Å². The number of hydrogen-bond donors (Lipinski definition) is 0. The van der Waals surface area contributed by atoms with Crippen LogP contribution < -0.4 is 9.80 Å². The van der Waals surface area contributed by atoms with Crippen LogP contribution in [-0.4, -0.2) is 60.9 Å². The summed E-state index contributed by atoms with van der Waals surface area (Å²) in [6, 6.07) is 11.2. The van der Waals surface area contributed by atoms with Gasteiger partial charge in [-0.05, 0) is 69.9 Å². The number of carbonyl (C=O) groups is 1. The van der Waals surface area contributed by atoms with E-state index in [2.05, 4.69) is 10.00 Å². The fraction of sp³-hybridized carbons (Fsp3) is 0.333. The Morgan fingerprint density at radius 1 is 1.12 bits per heavy atom. The highest BCUT2D eigenvalue weighted by Crippen LogP contribution is 2.29. The van der Waals surface area contributed by atoms with Gasteiger partial charge in [0.25, 0.3) is 5.91 Å². The van der Waals surface area contributed by atoms with Crippen molar-refractivity contribution in [2.75, 3.05) is 44.0 Å². The van der Waals surface area contributed by atoms with Crippen LogP contribution in [-0.2, 0) is 0 Å². The van der Waals surface area contributed by atoms with Gasteiger partial charge in [-0.15, -0.1) is 0 Å². The highest BCUT2D eigenvalue weighted by molar-refractivity contribution is 6.06. The van der Waals surface area contributed by atoms with E-state index in [-0.39, 0.29) is 19.0 Å². The van der Waals surface area contributed by atoms with E-state index in [0.29, 0.717) is 34.4 Å². The number of halogens is 2. The lowest BCUT2D eigenvalue weighted by Crippen LogP contribution is -2.31. The van der Waals surface area contributed by atoms with Gasteiger partial charge < -0.3 is 14.7 Å². The van der Waals surface area contributed by atoms with Crippen LogP contribution in [0.25, 0.3) is 5.69 Å². The average Bonchev–Trinajstić information content (AvgIpc) is 3.41. The number of likely N-dealkylation sites (N-methyl/N-ethyl adjacent to an activating group) is 1. The van der Waals surface area contributed by atoms with Gasteiger partial charge in [-0.25, -0.2) is 13.5 Å². The first-order valence-corrected chi connectivity index (χ1v) is 10.6. The smallest absolute Gasteiger partial charge is 0.261 e. The van der Waals surface area contributed by atoms with Gasteiger partial charge in [0, 0.05) is 33.3 Å². The molecule has 170 valence electrons. The average molecular weight is 442 g/mol. The van der Waals surface area contributed by atoms with Crippen molar-refractivity contribution in [2.24, 2.45) is 0 Å². The maximum Gasteiger partial charge on any atom is 0.261 e. The Kier molecular flexibility index (Phi) is 5.97. The first-order chi connectivity index (χ1) is 15.3. The summed E-state index contributed by atoms with van der Waals surface area (Å²) in [7, 11) is 5.69. The van der Waals surface area contributed by atoms with Crippen molar-refractivity contribution in [3.63, 3.8) is 0 Å². The molecule has 1 unspecified atom stereocenters. The molecule has 0 radical (unpaired) electrons. The van der Waals surface area contributed by atoms with E-state index in [4.69, 9.17) is 0 Å². The van der Waals surface area contributed by atoms with Crippen molar-refractivity contribution in [1.82, 2.24) is 14.7 Å². The van der Waals surface area contributed by atoms with Crippen molar-refractivity contribution in [3.05, 3.63) is 71.6 Å². The van der Waals surface area contributed by atoms with Crippen molar-refractivity contribution in [3.8, 4) is 5.69 Å². The molecule has 1 aromatic heterocycles. The molecule has 0 spiro atoms. The Morgan fingerprint density at radius 3 is 2.47 bits per heavy atom. The summed E-state index contributed by atoms with van der Waals surface area (Å²) in [6.07, 6.45) is 2.47. The van der Waals surface area contributed by atoms with Crippen molar-refractivity contribution in [1.29, 1.82) is 0 Å². The van der Waals surface area contributed by atoms with Gasteiger partial charge in [-0.1, -0.05) is 0 Å². The monoisotopic (exact) mass is 441 g/mol. The summed E-state index contributed by atoms with van der Waals surface area (Å²) in [4.78, 5) is 18.7. The lowest BCUT2D eigenvalue weighted by atomic mass is 10.2. The van der Waals surface area contributed by atoms with Crippen LogP contribution >= 0.6 is 0 Å². The molecule has 2 heterocycles. The molecule has 1 saturated heterocycles. The Hall–Kier alpha value is -3.26. The highest BCUT2D eigenvalue weighted by Gasteiger charge is 2.27. The van der Waals surface area contributed by atoms with Gasteiger partial charge in [0.15, 0.2) is 0 Å². The second-order valence-electron chi connectivity index (χ2n) is 8.38. The minimum absolute atomic E-state index is 0. The highest BCUT2D eigenvalue weighted by atomic mass is 19.1. The molecule has 1 amide bonds. The van der Waals surface area contributed by atoms with E-state index in [1.165, 1.54) is 29.3 Å². The number of amides is 1. The standard InChI is InChI=1S/C24H27F2N5O.H2/c1-16-21(14-27-31(16)18-7-5-17(25)6-8-18)24(32)29(4)19-9-10-23(22(26)13-19)30-12-11-20(15-30)28(2)3;/h5-10,13-14,20H,11-12,15H2,1-4H3;1H. The van der Waals surface area contributed by atoms with Gasteiger partial charge in [0.05, 0.1) is 28.8 Å². The van der Waals surface area contributed by atoms with E-state index in [9.17, 15) is 13.6 Å². The van der Waals surface area contributed by atoms with Crippen molar-refractivity contribution >= 4 is 17.3 Å². The number of nitrogens with zero attached hydrogens (tertiary/aromatic N) is 5. The predicted molar refractivity (Wildman–Crippen MR) is 124 cm³/mol. The molecule has 32 heavy (non-hydrogen) atoms. The predicted octanol–water partition coefficient (Wildman–Crippen LogP) is 4.12. The summed E-state index contributed by atoms with van der Waals surface area (Å²) in [5, 5.41) is 4.28. The van der Waals surface area contributed by atoms with Gasteiger partial charge in [-0.3, -0.25) is 4.79 Å². The van der Waals surface area contributed by atoms with Crippen LogP contribution in [0.4, 0.5) is 20.2 Å². The SMILES string of the molecule is Cc1c(C(=O)N(C)c2ccc(N3CCC(N(C)C)C3)c(F)c2)cnn1-c1ccc(F)cc1.[HH]. The topological polar surface area (TPSA) is 44.6 Å². The van der Waals surface area contributed by atoms with Crippen LogP contribution in [0.15, 0.2) is 48.7 Å². The summed E-state index contributed by atoms with van der Waals surface area (Å²) >= 11 is 0. The summed E-state index contributed by atoms with van der Waals surface area (Å²) in [5.41, 5.74) is 2.70. The fourth-order valence-corrected chi connectivity index (χ4v) is 4.10. The molecule has 0 saturated carbocycles. The zero-order valence-corrected chi connectivity index (χ0v) is 18.7. The molecule has 0 aliphatic carbocycles. The Morgan fingerprint density at radius 2 is 1.84 bits per heavy atom. The molecule has 1 fully saturated rings. The second kappa shape index (κ2) is 8.70. The van der Waals surface area contributed by atoms with Crippen LogP contribution in [0.5, 0.6) is 0 Å². The molecule has 1 aliphatic rings. The molecule has 0 bridgehead atoms. The minimum Gasteiger partial charge on any atom is -0.368 e. The van der Waals surface area contributed by atoms with E-state index in [1.54, 1.807) is 42.9 Å². The maximum atomic E-state index is 15.0. The van der Waals surface area contributed by atoms with E-state index < -0.39 is 0 Å². The van der Waals surface area contributed by atoms with Crippen LogP contribution in [0.2, 0.25) is 0 Å². The summed E-state index contributed by atoms with van der Waals surface area (Å²) < 4.78 is 29.8. The lowest BCUT2D eigenvalue weighted by molar-refractivity contribution is 0.0992. The minimum atomic E-state index is -0.347. The van der Waals surface area contributed by atoms with E-state index in [0.717, 1.165) is 19.5 Å². The zero-order valence-electron chi connectivity index (χ0n) is 18.7. The normalized spacial score (nSPS) is 16.1. The van der Waals surface area contributed by atoms with Crippen LogP contribution in [0.3, 0.4) is 0 Å². The number of benzene rings is 2. The largest absolute Gasteiger partial charge is 0.368 e. The zero-order chi connectivity index (χ0) is 23.0. The molecule has 3 aromatic rings. The molecule has 1 atom stereocenters. The molecule has 2 aromatic carbocycles. The van der Waals surface area contributed by atoms with E-state index in [1.807, 2.05) is 19.0 Å². The first-order valence-electron chi connectivity index (χ1n) is 10.6. The number of rotatable bonds is 5. The van der Waals surface area contributed by atoms with Gasteiger partial charge in [0.2, 0.25) is 0 Å². The third-order valence-corrected chi connectivity index (χ3v) is 6.17. The van der Waals surface area contributed by atoms with Crippen molar-refractivity contribution < 1.29 is 15.0 Å². The quantitative estimate of drug-likeness (QED) is 0.598. The number of anilines is 2. The maximum absolute atomic E-state index is 15.0. The fourth-order valence-electron chi connectivity index (χ4n) is 4.10. The molecule has 6 nitrogen and oxygen atoms in total. The number of hydrogen-bond acceptors (Lipinski definition) is 4. The van der Waals surface area contributed by atoms with Gasteiger partial charge in [0.1, 0.15) is 11.6 Å². The lowest BCUT2D eigenvalue weighted by Gasteiger charge is -2.23. The summed E-state index contributed by atoms with van der Waals surface area (Å²) in [6.45, 7) is 3.35.